The molecule has 168 valence electrons. The van der Waals surface area contributed by atoms with Gasteiger partial charge in [-0.1, -0.05) is 26.0 Å². The third-order valence-corrected chi connectivity index (χ3v) is 4.58. The Labute approximate surface area is 190 Å². The minimum absolute atomic E-state index is 0.0324. The number of methoxy groups -OCH3 is 1. The molecule has 31 heavy (non-hydrogen) atoms. The molecule has 2 N–H and O–H groups in total. The van der Waals surface area contributed by atoms with E-state index in [1.807, 2.05) is 38.1 Å². The largest absolute Gasteiger partial charge is 0.493 e. The molecule has 0 heterocycles. The predicted molar refractivity (Wildman–Crippen MR) is 127 cm³/mol. The van der Waals surface area contributed by atoms with E-state index in [1.165, 1.54) is 0 Å². The highest BCUT2D eigenvalue weighted by molar-refractivity contribution is 7.80. The lowest BCUT2D eigenvalue weighted by molar-refractivity contribution is 0.0976. The average molecular weight is 445 g/mol. The van der Waals surface area contributed by atoms with Gasteiger partial charge in [-0.15, -0.1) is 0 Å². The molecule has 0 spiro atoms. The standard InChI is InChI=1S/C24H32N2O4S/c1-16(2)11-12-29-21-10-9-18(13-22(21)28-5)15-25-24(31)26-23(27)19-7-6-8-20(14-19)30-17(3)4/h6-10,13-14,16-17H,11-12,15H2,1-5H3,(H2,25,26,27,31). The van der Waals surface area contributed by atoms with Crippen LogP contribution in [0, 0.1) is 5.92 Å². The number of hydrogen-bond donors (Lipinski definition) is 2. The summed E-state index contributed by atoms with van der Waals surface area (Å²) in [7, 11) is 1.61. The topological polar surface area (TPSA) is 68.8 Å². The molecule has 0 aliphatic carbocycles. The van der Waals surface area contributed by atoms with E-state index in [1.54, 1.807) is 25.3 Å². The third-order valence-electron chi connectivity index (χ3n) is 4.33. The second-order valence-corrected chi connectivity index (χ2v) is 8.26. The van der Waals surface area contributed by atoms with Gasteiger partial charge in [0.2, 0.25) is 0 Å². The monoisotopic (exact) mass is 444 g/mol. The number of amides is 1. The lowest BCUT2D eigenvalue weighted by Gasteiger charge is -2.14. The highest BCUT2D eigenvalue weighted by Crippen LogP contribution is 2.28. The molecule has 0 unspecified atom stereocenters. The Morgan fingerprint density at radius 2 is 1.84 bits per heavy atom. The smallest absolute Gasteiger partial charge is 0.257 e. The van der Waals surface area contributed by atoms with E-state index in [9.17, 15) is 4.79 Å². The van der Waals surface area contributed by atoms with E-state index >= 15 is 0 Å². The van der Waals surface area contributed by atoms with Gasteiger partial charge in [0.25, 0.3) is 5.91 Å². The van der Waals surface area contributed by atoms with Crippen molar-refractivity contribution < 1.29 is 19.0 Å². The lowest BCUT2D eigenvalue weighted by atomic mass is 10.1. The molecule has 2 aromatic rings. The van der Waals surface area contributed by atoms with E-state index in [0.717, 1.165) is 12.0 Å². The van der Waals surface area contributed by atoms with Crippen molar-refractivity contribution in [2.75, 3.05) is 13.7 Å². The van der Waals surface area contributed by atoms with Crippen molar-refractivity contribution in [2.24, 2.45) is 5.92 Å². The summed E-state index contributed by atoms with van der Waals surface area (Å²) in [6, 6.07) is 12.7. The first-order chi connectivity index (χ1) is 14.8. The minimum Gasteiger partial charge on any atom is -0.493 e. The van der Waals surface area contributed by atoms with Gasteiger partial charge in [-0.2, -0.15) is 0 Å². The Kier molecular flexibility index (Phi) is 9.59. The molecule has 2 rings (SSSR count). The number of hydrogen-bond acceptors (Lipinski definition) is 5. The molecule has 1 amide bonds. The maximum Gasteiger partial charge on any atom is 0.257 e. The Morgan fingerprint density at radius 3 is 2.52 bits per heavy atom. The SMILES string of the molecule is COc1cc(CNC(=S)NC(=O)c2cccc(OC(C)C)c2)ccc1OCCC(C)C. The predicted octanol–water partition coefficient (Wildman–Crippen LogP) is 4.71. The quantitative estimate of drug-likeness (QED) is 0.517. The Morgan fingerprint density at radius 1 is 1.06 bits per heavy atom. The number of benzene rings is 2. The van der Waals surface area contributed by atoms with Crippen LogP contribution in [0.3, 0.4) is 0 Å². The molecule has 0 bridgehead atoms. The van der Waals surface area contributed by atoms with Crippen LogP contribution in [0.25, 0.3) is 0 Å². The number of ether oxygens (including phenoxy) is 3. The lowest BCUT2D eigenvalue weighted by Crippen LogP contribution is -2.38. The van der Waals surface area contributed by atoms with Gasteiger partial charge >= 0.3 is 0 Å². The maximum atomic E-state index is 12.5. The van der Waals surface area contributed by atoms with Crippen molar-refractivity contribution >= 4 is 23.2 Å². The van der Waals surface area contributed by atoms with Gasteiger partial charge in [0.1, 0.15) is 5.75 Å². The minimum atomic E-state index is -0.293. The van der Waals surface area contributed by atoms with Gasteiger partial charge < -0.3 is 19.5 Å². The molecule has 0 aliphatic rings. The molecule has 0 saturated heterocycles. The molecule has 6 nitrogen and oxygen atoms in total. The molecule has 7 heteroatoms. The number of carbonyl (C=O) groups is 1. The zero-order valence-corrected chi connectivity index (χ0v) is 19.7. The summed E-state index contributed by atoms with van der Waals surface area (Å²) >= 11 is 5.27. The summed E-state index contributed by atoms with van der Waals surface area (Å²) < 4.78 is 16.9. The summed E-state index contributed by atoms with van der Waals surface area (Å²) in [6.45, 7) is 9.28. The van der Waals surface area contributed by atoms with Crippen molar-refractivity contribution in [2.45, 2.75) is 46.8 Å². The highest BCUT2D eigenvalue weighted by Gasteiger charge is 2.11. The number of rotatable bonds is 10. The molecule has 0 aliphatic heterocycles. The fourth-order valence-electron chi connectivity index (χ4n) is 2.73. The third kappa shape index (κ3) is 8.45. The van der Waals surface area contributed by atoms with Crippen LogP contribution in [0.4, 0.5) is 0 Å². The van der Waals surface area contributed by atoms with Gasteiger partial charge in [-0.25, -0.2) is 0 Å². The van der Waals surface area contributed by atoms with E-state index in [2.05, 4.69) is 24.5 Å². The summed E-state index contributed by atoms with van der Waals surface area (Å²) in [4.78, 5) is 12.5. The summed E-state index contributed by atoms with van der Waals surface area (Å²) in [5.41, 5.74) is 1.43. The molecule has 0 saturated carbocycles. The zero-order chi connectivity index (χ0) is 22.8. The van der Waals surface area contributed by atoms with E-state index in [-0.39, 0.29) is 17.1 Å². The van der Waals surface area contributed by atoms with Crippen LogP contribution in [0.1, 0.15) is 50.0 Å². The molecule has 0 atom stereocenters. The van der Waals surface area contributed by atoms with Crippen molar-refractivity contribution in [1.29, 1.82) is 0 Å². The summed E-state index contributed by atoms with van der Waals surface area (Å²) in [6.07, 6.45) is 1.01. The normalized spacial score (nSPS) is 10.7. The first kappa shape index (κ1) is 24.5. The Bertz CT molecular complexity index is 884. The van der Waals surface area contributed by atoms with Crippen molar-refractivity contribution in [3.63, 3.8) is 0 Å². The van der Waals surface area contributed by atoms with Crippen LogP contribution in [-0.4, -0.2) is 30.8 Å². The molecule has 0 fully saturated rings. The van der Waals surface area contributed by atoms with Crippen LogP contribution in [-0.2, 0) is 6.54 Å². The number of carbonyl (C=O) groups excluding carboxylic acids is 1. The van der Waals surface area contributed by atoms with Crippen LogP contribution in [0.2, 0.25) is 0 Å². The van der Waals surface area contributed by atoms with Gasteiger partial charge in [-0.3, -0.25) is 10.1 Å². The fourth-order valence-corrected chi connectivity index (χ4v) is 2.90. The van der Waals surface area contributed by atoms with Gasteiger partial charge in [0.15, 0.2) is 16.6 Å². The molecular formula is C24H32N2O4S. The van der Waals surface area contributed by atoms with Crippen LogP contribution in [0.15, 0.2) is 42.5 Å². The van der Waals surface area contributed by atoms with Gasteiger partial charge in [-0.05, 0) is 74.3 Å². The van der Waals surface area contributed by atoms with Crippen LogP contribution in [0.5, 0.6) is 17.2 Å². The van der Waals surface area contributed by atoms with Gasteiger partial charge in [0, 0.05) is 12.1 Å². The number of thiocarbonyl (C=S) groups is 1. The Balaban J connectivity index is 1.89. The first-order valence-electron chi connectivity index (χ1n) is 10.4. The highest BCUT2D eigenvalue weighted by atomic mass is 32.1. The number of nitrogens with one attached hydrogen (secondary N) is 2. The van der Waals surface area contributed by atoms with E-state index in [4.69, 9.17) is 26.4 Å². The van der Waals surface area contributed by atoms with Crippen molar-refractivity contribution in [3.8, 4) is 17.2 Å². The second kappa shape index (κ2) is 12.2. The fraction of sp³-hybridized carbons (Fsp3) is 0.417. The maximum absolute atomic E-state index is 12.5. The summed E-state index contributed by atoms with van der Waals surface area (Å²) in [5, 5.41) is 5.99. The Hall–Kier alpha value is -2.80. The van der Waals surface area contributed by atoms with E-state index in [0.29, 0.717) is 41.9 Å². The first-order valence-corrected chi connectivity index (χ1v) is 10.8. The van der Waals surface area contributed by atoms with Crippen LogP contribution >= 0.6 is 12.2 Å². The van der Waals surface area contributed by atoms with E-state index < -0.39 is 0 Å². The van der Waals surface area contributed by atoms with Crippen molar-refractivity contribution in [3.05, 3.63) is 53.6 Å². The molecule has 0 radical (unpaired) electrons. The molecule has 2 aromatic carbocycles. The average Bonchev–Trinajstić information content (AvgIpc) is 2.72. The second-order valence-electron chi connectivity index (χ2n) is 7.85. The molecular weight excluding hydrogens is 412 g/mol. The van der Waals surface area contributed by atoms with Crippen LogP contribution < -0.4 is 24.8 Å². The van der Waals surface area contributed by atoms with Gasteiger partial charge in [0.05, 0.1) is 19.8 Å². The zero-order valence-electron chi connectivity index (χ0n) is 18.9. The molecule has 0 aromatic heterocycles. The summed E-state index contributed by atoms with van der Waals surface area (Å²) in [5.74, 6) is 2.31. The van der Waals surface area contributed by atoms with Crippen molar-refractivity contribution in [1.82, 2.24) is 10.6 Å².